The van der Waals surface area contributed by atoms with Gasteiger partial charge >= 0.3 is 17.9 Å². The van der Waals surface area contributed by atoms with Crippen LogP contribution < -0.4 is 0 Å². The third-order valence-electron chi connectivity index (χ3n) is 15.9. The first kappa shape index (κ1) is 81.7. The van der Waals surface area contributed by atoms with E-state index in [4.69, 9.17) is 18.9 Å². The van der Waals surface area contributed by atoms with E-state index in [-0.39, 0.29) is 38.2 Å². The smallest absolute Gasteiger partial charge is 0.361 e. The second-order valence-corrected chi connectivity index (χ2v) is 25.5. The Morgan fingerprint density at radius 1 is 0.365 bits per heavy atom. The molecule has 1 N–H and O–H groups in total. The van der Waals surface area contributed by atoms with Gasteiger partial charge in [0.1, 0.15) is 13.2 Å². The number of ether oxygens (including phenoxy) is 4. The molecule has 0 rings (SSSR count). The molecule has 0 radical (unpaired) electrons. The van der Waals surface area contributed by atoms with Gasteiger partial charge in [0, 0.05) is 12.8 Å². The molecule has 0 aromatic carbocycles. The summed E-state index contributed by atoms with van der Waals surface area (Å²) in [6.07, 6.45) is 86.1. The summed E-state index contributed by atoms with van der Waals surface area (Å²) in [5.41, 5.74) is 0. The maximum absolute atomic E-state index is 12.9. The quantitative estimate of drug-likeness (QED) is 0.0211. The molecule has 0 heterocycles. The van der Waals surface area contributed by atoms with Gasteiger partial charge in [-0.1, -0.05) is 311 Å². The van der Waals surface area contributed by atoms with Crippen LogP contribution in [0.25, 0.3) is 0 Å². The van der Waals surface area contributed by atoms with Gasteiger partial charge in [0.15, 0.2) is 6.10 Å². The topological polar surface area (TPSA) is 108 Å². The summed E-state index contributed by atoms with van der Waals surface area (Å²) in [5, 5.41) is 9.74. The number of nitrogens with zero attached hydrogens (tertiary/aromatic N) is 1. The molecule has 2 atom stereocenters. The fourth-order valence-corrected chi connectivity index (χ4v) is 10.5. The van der Waals surface area contributed by atoms with Crippen molar-refractivity contribution in [2.75, 3.05) is 47.5 Å². The number of unbranched alkanes of at least 4 members (excludes halogenated alkanes) is 40. The molecule has 0 aliphatic rings. The molecule has 0 spiro atoms. The molecule has 0 saturated heterocycles. The number of hydrogen-bond acceptors (Lipinski definition) is 7. The van der Waals surface area contributed by atoms with Crippen molar-refractivity contribution in [1.29, 1.82) is 0 Å². The highest BCUT2D eigenvalue weighted by molar-refractivity contribution is 5.71. The number of likely N-dealkylation sites (N-methyl/N-ethyl adjacent to an activating group) is 1. The predicted octanol–water partition coefficient (Wildman–Crippen LogP) is 22.5. The average Bonchev–Trinajstić information content (AvgIpc) is 3.49. The molecule has 0 aromatic heterocycles. The number of allylic oxidation sites excluding steroid dienone is 12. The molecular weight excluding hydrogens is 1050 g/mol. The number of hydrogen-bond donors (Lipinski definition) is 1. The number of esters is 2. The minimum atomic E-state index is -1.51. The van der Waals surface area contributed by atoms with Crippen molar-refractivity contribution in [2.45, 2.75) is 347 Å². The normalized spacial score (nSPS) is 13.1. The van der Waals surface area contributed by atoms with Gasteiger partial charge in [-0.05, 0) is 83.5 Å². The lowest BCUT2D eigenvalue weighted by atomic mass is 10.0. The summed E-state index contributed by atoms with van der Waals surface area (Å²) >= 11 is 0. The van der Waals surface area contributed by atoms with Crippen LogP contribution in [0.3, 0.4) is 0 Å². The lowest BCUT2D eigenvalue weighted by Crippen LogP contribution is -2.40. The Morgan fingerprint density at radius 3 is 1.00 bits per heavy atom. The van der Waals surface area contributed by atoms with Crippen LogP contribution in [0.15, 0.2) is 72.9 Å². The molecule has 9 heteroatoms. The first-order valence-corrected chi connectivity index (χ1v) is 36.1. The summed E-state index contributed by atoms with van der Waals surface area (Å²) < 4.78 is 23.0. The van der Waals surface area contributed by atoms with Gasteiger partial charge in [-0.3, -0.25) is 9.59 Å². The predicted molar refractivity (Wildman–Crippen MR) is 364 cm³/mol. The molecule has 85 heavy (non-hydrogen) atoms. The molecule has 0 bridgehead atoms. The number of carbonyl (C=O) groups is 3. The largest absolute Gasteiger partial charge is 0.477 e. The molecule has 0 fully saturated rings. The summed E-state index contributed by atoms with van der Waals surface area (Å²) in [7, 11) is 5.98. The molecule has 0 amide bonds. The van der Waals surface area contributed by atoms with Gasteiger partial charge in [0.2, 0.25) is 0 Å². The summed E-state index contributed by atoms with van der Waals surface area (Å²) in [4.78, 5) is 37.6. The van der Waals surface area contributed by atoms with E-state index in [0.29, 0.717) is 17.4 Å². The van der Waals surface area contributed by atoms with Crippen molar-refractivity contribution < 1.29 is 42.9 Å². The van der Waals surface area contributed by atoms with Crippen LogP contribution in [0.1, 0.15) is 335 Å². The highest BCUT2D eigenvalue weighted by atomic mass is 16.7. The van der Waals surface area contributed by atoms with Gasteiger partial charge in [0.05, 0.1) is 34.4 Å². The van der Waals surface area contributed by atoms with Crippen molar-refractivity contribution in [3.63, 3.8) is 0 Å². The Bertz CT molecular complexity index is 1620. The fourth-order valence-electron chi connectivity index (χ4n) is 10.5. The maximum atomic E-state index is 12.9. The standard InChI is InChI=1S/C76H137NO8/c1-6-8-10-12-14-16-18-20-22-24-26-27-28-29-30-31-32-33-34-35-36-37-38-39-40-41-42-43-44-45-46-47-49-51-53-55-57-59-61-63-65-67-74(79)85-72(71-84-76(75(80)81)82-69-68-77(3,4)5)70-83-73(78)66-64-62-60-58-56-54-52-50-48-25-23-21-19-17-15-13-11-9-7-2/h8,10,14-17,20-23,26-27,72,76H,6-7,9,11-13,18-19,24-25,28-71H2,1-5H3/p+1/b10-8-,16-14-,17-15-,22-20-,23-21-,27-26-. The number of carboxylic acid groups (broad SMARTS) is 1. The second-order valence-electron chi connectivity index (χ2n) is 25.5. The zero-order chi connectivity index (χ0) is 61.9. The van der Waals surface area contributed by atoms with Crippen LogP contribution >= 0.6 is 0 Å². The first-order chi connectivity index (χ1) is 41.6. The molecule has 0 saturated carbocycles. The monoisotopic (exact) mass is 1190 g/mol. The second kappa shape index (κ2) is 66.7. The molecule has 9 nitrogen and oxygen atoms in total. The number of carbonyl (C=O) groups excluding carboxylic acids is 2. The molecule has 0 aromatic rings. The molecular formula is C76H138NO8+. The lowest BCUT2D eigenvalue weighted by Gasteiger charge is -2.25. The van der Waals surface area contributed by atoms with Gasteiger partial charge < -0.3 is 28.5 Å². The van der Waals surface area contributed by atoms with Crippen molar-refractivity contribution in [1.82, 2.24) is 0 Å². The average molecular weight is 1190 g/mol. The number of rotatable bonds is 67. The van der Waals surface area contributed by atoms with Gasteiger partial charge in [-0.15, -0.1) is 0 Å². The Balaban J connectivity index is 3.94. The third-order valence-corrected chi connectivity index (χ3v) is 15.9. The van der Waals surface area contributed by atoms with E-state index in [0.717, 1.165) is 70.6 Å². The van der Waals surface area contributed by atoms with Gasteiger partial charge in [-0.2, -0.15) is 0 Å². The highest BCUT2D eigenvalue weighted by Gasteiger charge is 2.25. The van der Waals surface area contributed by atoms with Crippen molar-refractivity contribution >= 4 is 17.9 Å². The summed E-state index contributed by atoms with van der Waals surface area (Å²) in [6.45, 7) is 4.78. The SMILES string of the molecule is CC/C=C\C/C=C\C/C=C\C/C=C\CCCCCCCCCCCCCCCCCCCCCCCCCCCCCCC(=O)OC(COC(=O)CCCCCCCCCCC/C=C\C/C=C\CCCCC)COC(OCC[N+](C)(C)C)C(=O)O. The van der Waals surface area contributed by atoms with Crippen molar-refractivity contribution in [3.05, 3.63) is 72.9 Å². The zero-order valence-electron chi connectivity index (χ0n) is 56.5. The third kappa shape index (κ3) is 68.1. The fraction of sp³-hybridized carbons (Fsp3) is 0.803. The van der Waals surface area contributed by atoms with Crippen molar-refractivity contribution in [3.8, 4) is 0 Å². The Kier molecular flexibility index (Phi) is 64.1. The number of aliphatic carboxylic acids is 1. The van der Waals surface area contributed by atoms with Crippen LogP contribution in [-0.2, 0) is 33.3 Å². The van der Waals surface area contributed by atoms with E-state index in [9.17, 15) is 19.5 Å². The number of quaternary nitrogens is 1. The van der Waals surface area contributed by atoms with Crippen LogP contribution in [0.5, 0.6) is 0 Å². The van der Waals surface area contributed by atoms with Gasteiger partial charge in [-0.25, -0.2) is 4.79 Å². The lowest BCUT2D eigenvalue weighted by molar-refractivity contribution is -0.870. The summed E-state index contributed by atoms with van der Waals surface area (Å²) in [5.74, 6) is -1.99. The zero-order valence-corrected chi connectivity index (χ0v) is 56.5. The molecule has 494 valence electrons. The van der Waals surface area contributed by atoms with Crippen LogP contribution in [0, 0.1) is 0 Å². The van der Waals surface area contributed by atoms with E-state index < -0.39 is 18.4 Å². The van der Waals surface area contributed by atoms with Gasteiger partial charge in [0.25, 0.3) is 6.29 Å². The molecule has 2 unspecified atom stereocenters. The van der Waals surface area contributed by atoms with Crippen molar-refractivity contribution in [2.24, 2.45) is 0 Å². The Morgan fingerprint density at radius 2 is 0.671 bits per heavy atom. The Labute approximate surface area is 526 Å². The highest BCUT2D eigenvalue weighted by Crippen LogP contribution is 2.18. The molecule has 0 aliphatic carbocycles. The van der Waals surface area contributed by atoms with Crippen LogP contribution in [-0.4, -0.2) is 87.4 Å². The minimum Gasteiger partial charge on any atom is -0.477 e. The van der Waals surface area contributed by atoms with E-state index in [1.165, 1.54) is 238 Å². The maximum Gasteiger partial charge on any atom is 0.361 e. The molecule has 0 aliphatic heterocycles. The van der Waals surface area contributed by atoms with E-state index >= 15 is 0 Å². The summed E-state index contributed by atoms with van der Waals surface area (Å²) in [6, 6.07) is 0. The Hall–Kier alpha value is -3.27. The van der Waals surface area contributed by atoms with E-state index in [1.54, 1.807) is 0 Å². The minimum absolute atomic E-state index is 0.182. The van der Waals surface area contributed by atoms with Crippen LogP contribution in [0.4, 0.5) is 0 Å². The van der Waals surface area contributed by atoms with E-state index in [1.807, 2.05) is 21.1 Å². The first-order valence-electron chi connectivity index (χ1n) is 36.1. The van der Waals surface area contributed by atoms with Crippen LogP contribution in [0.2, 0.25) is 0 Å². The van der Waals surface area contributed by atoms with E-state index in [2.05, 4.69) is 86.8 Å². The number of carboxylic acids is 1.